The highest BCUT2D eigenvalue weighted by atomic mass is 32.2. The molecule has 0 aliphatic heterocycles. The Morgan fingerprint density at radius 2 is 1.80 bits per heavy atom. The van der Waals surface area contributed by atoms with Crippen molar-refractivity contribution in [3.63, 3.8) is 0 Å². The lowest BCUT2D eigenvalue weighted by Crippen LogP contribution is -2.22. The van der Waals surface area contributed by atoms with Gasteiger partial charge >= 0.3 is 0 Å². The third kappa shape index (κ3) is 6.50. The van der Waals surface area contributed by atoms with E-state index in [-0.39, 0.29) is 11.5 Å². The maximum atomic E-state index is 12.1. The van der Waals surface area contributed by atoms with Gasteiger partial charge in [0.15, 0.2) is 16.1 Å². The van der Waals surface area contributed by atoms with Crippen molar-refractivity contribution in [2.45, 2.75) is 39.2 Å². The van der Waals surface area contributed by atoms with Gasteiger partial charge in [-0.25, -0.2) is 8.42 Å². The summed E-state index contributed by atoms with van der Waals surface area (Å²) < 4.78 is 34.9. The van der Waals surface area contributed by atoms with Gasteiger partial charge in [-0.15, -0.1) is 0 Å². The maximum absolute atomic E-state index is 12.1. The number of hydrogen-bond donors (Lipinski definition) is 0. The first-order chi connectivity index (χ1) is 9.46. The molecule has 0 N–H and O–H groups in total. The summed E-state index contributed by atoms with van der Waals surface area (Å²) >= 11 is 0. The molecule has 0 spiro atoms. The van der Waals surface area contributed by atoms with Crippen molar-refractivity contribution in [2.24, 2.45) is 0 Å². The van der Waals surface area contributed by atoms with Gasteiger partial charge < -0.3 is 9.47 Å². The van der Waals surface area contributed by atoms with Crippen LogP contribution in [0.1, 0.15) is 31.4 Å². The summed E-state index contributed by atoms with van der Waals surface area (Å²) in [5, 5.41) is 0. The molecule has 20 heavy (non-hydrogen) atoms. The summed E-state index contributed by atoms with van der Waals surface area (Å²) in [7, 11) is -3.14. The molecule has 114 valence electrons. The topological polar surface area (TPSA) is 52.6 Å². The Hall–Kier alpha value is -0.910. The minimum atomic E-state index is -3.14. The molecule has 0 aromatic heterocycles. The normalized spacial score (nSPS) is 12.0. The van der Waals surface area contributed by atoms with Gasteiger partial charge in [-0.3, -0.25) is 0 Å². The van der Waals surface area contributed by atoms with Crippen molar-refractivity contribution < 1.29 is 17.9 Å². The highest BCUT2D eigenvalue weighted by Crippen LogP contribution is 2.12. The van der Waals surface area contributed by atoms with Gasteiger partial charge in [-0.1, -0.05) is 29.8 Å². The van der Waals surface area contributed by atoms with Crippen LogP contribution in [0.15, 0.2) is 24.3 Å². The van der Waals surface area contributed by atoms with E-state index in [1.165, 1.54) is 0 Å². The Bertz CT molecular complexity index is 490. The maximum Gasteiger partial charge on any atom is 0.158 e. The molecule has 0 aliphatic carbocycles. The number of benzene rings is 1. The van der Waals surface area contributed by atoms with E-state index >= 15 is 0 Å². The fourth-order valence-corrected chi connectivity index (χ4v) is 3.37. The van der Waals surface area contributed by atoms with E-state index in [2.05, 4.69) is 0 Å². The van der Waals surface area contributed by atoms with E-state index < -0.39 is 16.1 Å². The summed E-state index contributed by atoms with van der Waals surface area (Å²) in [4.78, 5) is 0. The Balaban J connectivity index is 2.56. The van der Waals surface area contributed by atoms with E-state index in [0.717, 1.165) is 11.1 Å². The summed E-state index contributed by atoms with van der Waals surface area (Å²) in [6.45, 7) is 6.72. The second-order valence-corrected chi connectivity index (χ2v) is 6.89. The molecular formula is C15H24O4S. The molecule has 0 amide bonds. The quantitative estimate of drug-likeness (QED) is 0.658. The monoisotopic (exact) mass is 300 g/mol. The van der Waals surface area contributed by atoms with Gasteiger partial charge in [0.2, 0.25) is 0 Å². The van der Waals surface area contributed by atoms with Crippen LogP contribution in [-0.4, -0.2) is 33.7 Å². The molecule has 1 aromatic carbocycles. The van der Waals surface area contributed by atoms with E-state index in [4.69, 9.17) is 9.47 Å². The van der Waals surface area contributed by atoms with Gasteiger partial charge in [0.1, 0.15) is 0 Å². The zero-order valence-corrected chi connectivity index (χ0v) is 13.3. The van der Waals surface area contributed by atoms with Crippen molar-refractivity contribution in [3.8, 4) is 0 Å². The highest BCUT2D eigenvalue weighted by molar-refractivity contribution is 7.90. The standard InChI is InChI=1S/C15H24O4S/c1-4-18-15(19-5-2)9-10-20(16,17)12-14-8-6-7-13(3)11-14/h6-8,11,15H,4-5,9-10,12H2,1-3H3. The van der Waals surface area contributed by atoms with Crippen LogP contribution in [0.5, 0.6) is 0 Å². The van der Waals surface area contributed by atoms with Crippen molar-refractivity contribution in [2.75, 3.05) is 19.0 Å². The van der Waals surface area contributed by atoms with Gasteiger partial charge in [0.25, 0.3) is 0 Å². The van der Waals surface area contributed by atoms with Gasteiger partial charge in [-0.2, -0.15) is 0 Å². The minimum absolute atomic E-state index is 0.0691. The van der Waals surface area contributed by atoms with E-state index in [1.54, 1.807) is 0 Å². The lowest BCUT2D eigenvalue weighted by atomic mass is 10.2. The second-order valence-electron chi connectivity index (χ2n) is 4.71. The van der Waals surface area contributed by atoms with Crippen LogP contribution in [0.3, 0.4) is 0 Å². The largest absolute Gasteiger partial charge is 0.353 e. The summed E-state index contributed by atoms with van der Waals surface area (Å²) in [5.74, 6) is 0.144. The molecule has 0 fully saturated rings. The number of aryl methyl sites for hydroxylation is 1. The van der Waals surface area contributed by atoms with Crippen molar-refractivity contribution in [1.29, 1.82) is 0 Å². The first-order valence-electron chi connectivity index (χ1n) is 6.96. The van der Waals surface area contributed by atoms with Gasteiger partial charge in [0, 0.05) is 19.6 Å². The molecule has 4 nitrogen and oxygen atoms in total. The third-order valence-corrected chi connectivity index (χ3v) is 4.47. The number of hydrogen-bond acceptors (Lipinski definition) is 4. The molecule has 1 aromatic rings. The predicted molar refractivity (Wildman–Crippen MR) is 80.3 cm³/mol. The lowest BCUT2D eigenvalue weighted by molar-refractivity contribution is -0.136. The van der Waals surface area contributed by atoms with Crippen LogP contribution < -0.4 is 0 Å². The van der Waals surface area contributed by atoms with Crippen LogP contribution in [0.2, 0.25) is 0 Å². The van der Waals surface area contributed by atoms with Crippen molar-refractivity contribution in [3.05, 3.63) is 35.4 Å². The summed E-state index contributed by atoms with van der Waals surface area (Å²) in [6.07, 6.45) is -0.0622. The molecule has 0 radical (unpaired) electrons. The Labute approximate surface area is 122 Å². The lowest BCUT2D eigenvalue weighted by Gasteiger charge is -2.16. The van der Waals surface area contributed by atoms with Crippen LogP contribution >= 0.6 is 0 Å². The first-order valence-corrected chi connectivity index (χ1v) is 8.78. The fraction of sp³-hybridized carbons (Fsp3) is 0.600. The molecule has 0 atom stereocenters. The number of ether oxygens (including phenoxy) is 2. The van der Waals surface area contributed by atoms with Gasteiger partial charge in [-0.05, 0) is 26.3 Å². The molecule has 5 heteroatoms. The van der Waals surface area contributed by atoms with E-state index in [9.17, 15) is 8.42 Å². The zero-order chi connectivity index (χ0) is 15.0. The van der Waals surface area contributed by atoms with E-state index in [1.807, 2.05) is 45.0 Å². The average molecular weight is 300 g/mol. The third-order valence-electron chi connectivity index (χ3n) is 2.84. The number of sulfone groups is 1. The Kier molecular flexibility index (Phi) is 7.19. The molecule has 0 heterocycles. The zero-order valence-electron chi connectivity index (χ0n) is 12.5. The minimum Gasteiger partial charge on any atom is -0.353 e. The highest BCUT2D eigenvalue weighted by Gasteiger charge is 2.16. The molecule has 0 unspecified atom stereocenters. The molecule has 1 rings (SSSR count). The molecule has 0 bridgehead atoms. The van der Waals surface area contributed by atoms with Crippen LogP contribution in [0.25, 0.3) is 0 Å². The second kappa shape index (κ2) is 8.39. The van der Waals surface area contributed by atoms with Crippen LogP contribution in [0.4, 0.5) is 0 Å². The number of rotatable bonds is 9. The smallest absolute Gasteiger partial charge is 0.158 e. The van der Waals surface area contributed by atoms with Crippen LogP contribution in [-0.2, 0) is 25.1 Å². The average Bonchev–Trinajstić information content (AvgIpc) is 2.36. The fourth-order valence-electron chi connectivity index (χ4n) is 1.99. The van der Waals surface area contributed by atoms with E-state index in [0.29, 0.717) is 19.6 Å². The SMILES string of the molecule is CCOC(CCS(=O)(=O)Cc1cccc(C)c1)OCC. The Morgan fingerprint density at radius 3 is 2.35 bits per heavy atom. The summed E-state index contributed by atoms with van der Waals surface area (Å²) in [6, 6.07) is 7.58. The predicted octanol–water partition coefficient (Wildman–Crippen LogP) is 2.70. The van der Waals surface area contributed by atoms with Gasteiger partial charge in [0.05, 0.1) is 11.5 Å². The molecule has 0 saturated heterocycles. The molecule has 0 aliphatic rings. The first kappa shape index (κ1) is 17.1. The van der Waals surface area contributed by atoms with Crippen LogP contribution in [0, 0.1) is 6.92 Å². The Morgan fingerprint density at radius 1 is 1.15 bits per heavy atom. The molecular weight excluding hydrogens is 276 g/mol. The summed E-state index contributed by atoms with van der Waals surface area (Å²) in [5.41, 5.74) is 1.90. The van der Waals surface area contributed by atoms with Crippen molar-refractivity contribution >= 4 is 9.84 Å². The molecule has 0 saturated carbocycles. The van der Waals surface area contributed by atoms with Crippen molar-refractivity contribution in [1.82, 2.24) is 0 Å².